The summed E-state index contributed by atoms with van der Waals surface area (Å²) in [5.41, 5.74) is 1.79. The number of hydrogen-bond donors (Lipinski definition) is 0. The molecule has 5 heteroatoms. The molecular weight excluding hydrogens is 328 g/mol. The SMILES string of the molecule is CN1[C@@H]2CC[C@H]1C[C@H](OC(=O)c1cn([C@@H]3CCOC3)c3ccccc13)C2. The van der Waals surface area contributed by atoms with Crippen LogP contribution in [0.2, 0.25) is 0 Å². The van der Waals surface area contributed by atoms with E-state index in [2.05, 4.69) is 22.6 Å². The van der Waals surface area contributed by atoms with Crippen LogP contribution in [0.5, 0.6) is 0 Å². The number of para-hydroxylation sites is 1. The van der Waals surface area contributed by atoms with E-state index in [1.807, 2.05) is 24.4 Å². The van der Waals surface area contributed by atoms with Gasteiger partial charge in [-0.3, -0.25) is 0 Å². The van der Waals surface area contributed by atoms with Crippen LogP contribution < -0.4 is 0 Å². The first-order valence-electron chi connectivity index (χ1n) is 9.81. The molecule has 3 fully saturated rings. The van der Waals surface area contributed by atoms with Crippen LogP contribution in [0.4, 0.5) is 0 Å². The second-order valence-corrected chi connectivity index (χ2v) is 8.03. The summed E-state index contributed by atoms with van der Waals surface area (Å²) in [6, 6.07) is 9.58. The molecule has 4 atom stereocenters. The van der Waals surface area contributed by atoms with Gasteiger partial charge in [-0.15, -0.1) is 0 Å². The van der Waals surface area contributed by atoms with Gasteiger partial charge in [0.25, 0.3) is 0 Å². The fourth-order valence-corrected chi connectivity index (χ4v) is 5.08. The minimum Gasteiger partial charge on any atom is -0.459 e. The molecule has 0 saturated carbocycles. The Bertz CT molecular complexity index is 810. The van der Waals surface area contributed by atoms with Crippen molar-refractivity contribution in [2.75, 3.05) is 20.3 Å². The minimum absolute atomic E-state index is 0.0492. The van der Waals surface area contributed by atoms with Gasteiger partial charge in [0, 0.05) is 48.6 Å². The molecule has 1 aromatic heterocycles. The molecule has 26 heavy (non-hydrogen) atoms. The molecule has 1 aromatic carbocycles. The van der Waals surface area contributed by atoms with Crippen molar-refractivity contribution in [3.63, 3.8) is 0 Å². The van der Waals surface area contributed by atoms with Gasteiger partial charge in [0.15, 0.2) is 0 Å². The lowest BCUT2D eigenvalue weighted by Crippen LogP contribution is -2.43. The Balaban J connectivity index is 1.41. The minimum atomic E-state index is -0.173. The predicted octanol–water partition coefficient (Wildman–Crippen LogP) is 3.38. The van der Waals surface area contributed by atoms with Crippen LogP contribution in [-0.4, -0.2) is 53.9 Å². The molecule has 2 bridgehead atoms. The molecular formula is C21H26N2O3. The normalized spacial score (nSPS) is 31.6. The van der Waals surface area contributed by atoms with Crippen molar-refractivity contribution in [2.24, 2.45) is 0 Å². The zero-order valence-corrected chi connectivity index (χ0v) is 15.3. The van der Waals surface area contributed by atoms with Crippen LogP contribution in [0.25, 0.3) is 10.9 Å². The Morgan fingerprint density at radius 3 is 2.62 bits per heavy atom. The fraction of sp³-hybridized carbons (Fsp3) is 0.571. The van der Waals surface area contributed by atoms with Crippen LogP contribution in [0.15, 0.2) is 30.5 Å². The molecule has 3 saturated heterocycles. The van der Waals surface area contributed by atoms with Crippen molar-refractivity contribution in [1.82, 2.24) is 9.47 Å². The summed E-state index contributed by atoms with van der Waals surface area (Å²) in [7, 11) is 2.21. The maximum atomic E-state index is 13.0. The number of fused-ring (bicyclic) bond motifs is 3. The van der Waals surface area contributed by atoms with Crippen molar-refractivity contribution in [2.45, 2.75) is 56.3 Å². The van der Waals surface area contributed by atoms with E-state index >= 15 is 0 Å². The Hall–Kier alpha value is -1.85. The van der Waals surface area contributed by atoms with E-state index in [1.54, 1.807) is 0 Å². The number of carbonyl (C=O) groups is 1. The van der Waals surface area contributed by atoms with Crippen molar-refractivity contribution in [1.29, 1.82) is 0 Å². The van der Waals surface area contributed by atoms with Crippen LogP contribution in [0.1, 0.15) is 48.5 Å². The number of benzene rings is 1. The number of nitrogens with zero attached hydrogens (tertiary/aromatic N) is 2. The molecule has 2 aromatic rings. The quantitative estimate of drug-likeness (QED) is 0.793. The molecule has 0 spiro atoms. The third-order valence-electron chi connectivity index (χ3n) is 6.59. The average Bonchev–Trinajstić information content (AvgIpc) is 3.33. The highest BCUT2D eigenvalue weighted by atomic mass is 16.5. The fourth-order valence-electron chi connectivity index (χ4n) is 5.08. The molecule has 138 valence electrons. The summed E-state index contributed by atoms with van der Waals surface area (Å²) < 4.78 is 13.7. The monoisotopic (exact) mass is 354 g/mol. The highest BCUT2D eigenvalue weighted by Gasteiger charge is 2.40. The second kappa shape index (κ2) is 6.39. The number of carbonyl (C=O) groups excluding carboxylic acids is 1. The van der Waals surface area contributed by atoms with E-state index in [0.717, 1.165) is 36.8 Å². The Morgan fingerprint density at radius 2 is 1.88 bits per heavy atom. The molecule has 0 aliphatic carbocycles. The van der Waals surface area contributed by atoms with E-state index in [-0.39, 0.29) is 12.1 Å². The lowest BCUT2D eigenvalue weighted by Gasteiger charge is -2.35. The van der Waals surface area contributed by atoms with Gasteiger partial charge in [0.1, 0.15) is 6.10 Å². The summed E-state index contributed by atoms with van der Waals surface area (Å²) in [6.45, 7) is 1.50. The topological polar surface area (TPSA) is 43.7 Å². The van der Waals surface area contributed by atoms with Gasteiger partial charge >= 0.3 is 5.97 Å². The third kappa shape index (κ3) is 2.65. The lowest BCUT2D eigenvalue weighted by atomic mass is 10.0. The van der Waals surface area contributed by atoms with Crippen molar-refractivity contribution in [3.05, 3.63) is 36.0 Å². The molecule has 5 nitrogen and oxygen atoms in total. The Morgan fingerprint density at radius 1 is 1.12 bits per heavy atom. The Labute approximate surface area is 153 Å². The smallest absolute Gasteiger partial charge is 0.340 e. The lowest BCUT2D eigenvalue weighted by molar-refractivity contribution is -0.000291. The molecule has 5 rings (SSSR count). The zero-order chi connectivity index (χ0) is 17.7. The summed E-state index contributed by atoms with van der Waals surface area (Å²) in [5.74, 6) is -0.173. The van der Waals surface area contributed by atoms with E-state index < -0.39 is 0 Å². The van der Waals surface area contributed by atoms with Gasteiger partial charge < -0.3 is 18.9 Å². The first-order chi connectivity index (χ1) is 12.7. The number of ether oxygens (including phenoxy) is 2. The van der Waals surface area contributed by atoms with Gasteiger partial charge in [-0.05, 0) is 32.4 Å². The van der Waals surface area contributed by atoms with Crippen LogP contribution in [0, 0.1) is 0 Å². The van der Waals surface area contributed by atoms with Crippen LogP contribution in [-0.2, 0) is 9.47 Å². The number of rotatable bonds is 3. The van der Waals surface area contributed by atoms with E-state index in [0.29, 0.717) is 30.3 Å². The predicted molar refractivity (Wildman–Crippen MR) is 99.4 cm³/mol. The standard InChI is InChI=1S/C21H26N2O3/c1-22-14-6-7-15(22)11-17(10-14)26-21(24)19-12-23(16-8-9-25-13-16)20-5-3-2-4-18(19)20/h2-5,12,14-17H,6-11,13H2,1H3/t14-,15+,16-,17-/m1/s1. The molecule has 3 aliphatic rings. The second-order valence-electron chi connectivity index (χ2n) is 8.03. The zero-order valence-electron chi connectivity index (χ0n) is 15.3. The van der Waals surface area contributed by atoms with Gasteiger partial charge in [-0.1, -0.05) is 18.2 Å². The molecule has 4 heterocycles. The molecule has 0 unspecified atom stereocenters. The van der Waals surface area contributed by atoms with E-state index in [9.17, 15) is 4.79 Å². The highest BCUT2D eigenvalue weighted by Crippen LogP contribution is 2.36. The van der Waals surface area contributed by atoms with Crippen molar-refractivity contribution >= 4 is 16.9 Å². The van der Waals surface area contributed by atoms with Gasteiger partial charge in [0.2, 0.25) is 0 Å². The molecule has 0 N–H and O–H groups in total. The first-order valence-corrected chi connectivity index (χ1v) is 9.81. The van der Waals surface area contributed by atoms with Crippen LogP contribution >= 0.6 is 0 Å². The number of esters is 1. The van der Waals surface area contributed by atoms with Gasteiger partial charge in [-0.25, -0.2) is 4.79 Å². The van der Waals surface area contributed by atoms with Crippen LogP contribution in [0.3, 0.4) is 0 Å². The third-order valence-corrected chi connectivity index (χ3v) is 6.59. The van der Waals surface area contributed by atoms with Crippen molar-refractivity contribution in [3.8, 4) is 0 Å². The number of hydrogen-bond acceptors (Lipinski definition) is 4. The van der Waals surface area contributed by atoms with Crippen molar-refractivity contribution < 1.29 is 14.3 Å². The van der Waals surface area contributed by atoms with E-state index in [4.69, 9.17) is 9.47 Å². The number of aromatic nitrogens is 1. The summed E-state index contributed by atoms with van der Waals surface area (Å²) in [5, 5.41) is 0.986. The maximum absolute atomic E-state index is 13.0. The largest absolute Gasteiger partial charge is 0.459 e. The summed E-state index contributed by atoms with van der Waals surface area (Å²) in [6.07, 6.45) is 7.42. The Kier molecular flexibility index (Phi) is 4.02. The molecule has 0 radical (unpaired) electrons. The summed E-state index contributed by atoms with van der Waals surface area (Å²) >= 11 is 0. The first kappa shape index (κ1) is 16.3. The van der Waals surface area contributed by atoms with Gasteiger partial charge in [0.05, 0.1) is 18.2 Å². The summed E-state index contributed by atoms with van der Waals surface area (Å²) in [4.78, 5) is 15.5. The van der Waals surface area contributed by atoms with E-state index in [1.165, 1.54) is 12.8 Å². The number of piperidine rings is 1. The molecule has 3 aliphatic heterocycles. The molecule has 0 amide bonds. The average molecular weight is 354 g/mol. The highest BCUT2D eigenvalue weighted by molar-refractivity contribution is 6.04. The maximum Gasteiger partial charge on any atom is 0.340 e. The van der Waals surface area contributed by atoms with Gasteiger partial charge in [-0.2, -0.15) is 0 Å².